The van der Waals surface area contributed by atoms with Gasteiger partial charge in [0.05, 0.1) is 12.5 Å². The number of nitrogens with zero attached hydrogens (tertiary/aromatic N) is 1. The average Bonchev–Trinajstić information content (AvgIpc) is 2.44. The second kappa shape index (κ2) is 8.55. The molecule has 0 bridgehead atoms. The zero-order valence-electron chi connectivity index (χ0n) is 12.6. The number of rotatable bonds is 8. The van der Waals surface area contributed by atoms with Crippen molar-refractivity contribution in [2.24, 2.45) is 0 Å². The van der Waals surface area contributed by atoms with Crippen LogP contribution in [-0.2, 0) is 9.53 Å². The Kier molecular flexibility index (Phi) is 7.04. The molecular formula is C15H25N3O2. The third-order valence-corrected chi connectivity index (χ3v) is 3.27. The Bertz CT molecular complexity index is 423. The van der Waals surface area contributed by atoms with Crippen LogP contribution < -0.4 is 11.1 Å². The van der Waals surface area contributed by atoms with Crippen LogP contribution in [0.15, 0.2) is 24.3 Å². The fraction of sp³-hybridized carbons (Fsp3) is 0.533. The fourth-order valence-electron chi connectivity index (χ4n) is 1.86. The Morgan fingerprint density at radius 3 is 2.85 bits per heavy atom. The predicted octanol–water partition coefficient (Wildman–Crippen LogP) is 1.07. The first-order valence-electron chi connectivity index (χ1n) is 6.85. The van der Waals surface area contributed by atoms with E-state index in [2.05, 4.69) is 10.2 Å². The molecule has 20 heavy (non-hydrogen) atoms. The smallest absolute Gasteiger partial charge is 0.227 e. The highest BCUT2D eigenvalue weighted by Crippen LogP contribution is 2.17. The van der Waals surface area contributed by atoms with Gasteiger partial charge in [0.25, 0.3) is 0 Å². The lowest BCUT2D eigenvalue weighted by Crippen LogP contribution is -2.36. The number of amides is 1. The maximum absolute atomic E-state index is 12.1. The highest BCUT2D eigenvalue weighted by Gasteiger charge is 2.14. The summed E-state index contributed by atoms with van der Waals surface area (Å²) in [5, 5.41) is 2.95. The second-order valence-corrected chi connectivity index (χ2v) is 4.98. The first-order valence-corrected chi connectivity index (χ1v) is 6.85. The maximum atomic E-state index is 12.1. The molecule has 5 nitrogen and oxygen atoms in total. The van der Waals surface area contributed by atoms with Gasteiger partial charge < -0.3 is 20.7 Å². The van der Waals surface area contributed by atoms with Crippen LogP contribution in [0, 0.1) is 0 Å². The lowest BCUT2D eigenvalue weighted by atomic mass is 10.00. The quantitative estimate of drug-likeness (QED) is 0.698. The molecule has 3 N–H and O–H groups in total. The molecule has 0 aliphatic carbocycles. The van der Waals surface area contributed by atoms with Crippen molar-refractivity contribution in [2.45, 2.75) is 12.8 Å². The van der Waals surface area contributed by atoms with Crippen LogP contribution in [0.1, 0.15) is 18.4 Å². The minimum absolute atomic E-state index is 0.0238. The molecule has 0 spiro atoms. The lowest BCUT2D eigenvalue weighted by Gasteiger charge is -2.18. The molecule has 1 amide bonds. The number of benzene rings is 1. The molecule has 112 valence electrons. The Morgan fingerprint density at radius 1 is 1.45 bits per heavy atom. The van der Waals surface area contributed by atoms with E-state index in [9.17, 15) is 4.79 Å². The summed E-state index contributed by atoms with van der Waals surface area (Å²) in [4.78, 5) is 14.2. The zero-order valence-corrected chi connectivity index (χ0v) is 12.6. The number of anilines is 1. The van der Waals surface area contributed by atoms with Gasteiger partial charge in [-0.3, -0.25) is 4.79 Å². The van der Waals surface area contributed by atoms with Gasteiger partial charge in [-0.25, -0.2) is 0 Å². The van der Waals surface area contributed by atoms with E-state index in [-0.39, 0.29) is 11.8 Å². The molecule has 0 saturated carbocycles. The molecule has 1 unspecified atom stereocenters. The molecular weight excluding hydrogens is 254 g/mol. The number of nitrogens with one attached hydrogen (secondary N) is 1. The summed E-state index contributed by atoms with van der Waals surface area (Å²) >= 11 is 0. The SMILES string of the molecule is COCCN(C)CCNC(=O)C(C)c1cccc(N)c1. The van der Waals surface area contributed by atoms with Gasteiger partial charge in [-0.1, -0.05) is 12.1 Å². The van der Waals surface area contributed by atoms with E-state index in [1.807, 2.05) is 38.2 Å². The highest BCUT2D eigenvalue weighted by molar-refractivity contribution is 5.83. The van der Waals surface area contributed by atoms with Gasteiger partial charge in [0.2, 0.25) is 5.91 Å². The van der Waals surface area contributed by atoms with Gasteiger partial charge in [0.15, 0.2) is 0 Å². The molecule has 1 aromatic carbocycles. The second-order valence-electron chi connectivity index (χ2n) is 4.98. The number of methoxy groups -OCH3 is 1. The van der Waals surface area contributed by atoms with Crippen LogP contribution >= 0.6 is 0 Å². The number of nitrogen functional groups attached to an aromatic ring is 1. The highest BCUT2D eigenvalue weighted by atomic mass is 16.5. The van der Waals surface area contributed by atoms with E-state index in [0.717, 1.165) is 18.7 Å². The first-order chi connectivity index (χ1) is 9.54. The van der Waals surface area contributed by atoms with Crippen molar-refractivity contribution in [3.63, 3.8) is 0 Å². The number of ether oxygens (including phenoxy) is 1. The first kappa shape index (κ1) is 16.5. The topological polar surface area (TPSA) is 67.6 Å². The Hall–Kier alpha value is -1.59. The third kappa shape index (κ3) is 5.59. The summed E-state index contributed by atoms with van der Waals surface area (Å²) in [6, 6.07) is 7.45. The van der Waals surface area contributed by atoms with Gasteiger partial charge in [-0.15, -0.1) is 0 Å². The van der Waals surface area contributed by atoms with Crippen LogP contribution in [0.4, 0.5) is 5.69 Å². The molecule has 0 heterocycles. The minimum atomic E-state index is -0.192. The molecule has 0 aliphatic rings. The summed E-state index contributed by atoms with van der Waals surface area (Å²) in [6.07, 6.45) is 0. The van der Waals surface area contributed by atoms with Crippen LogP contribution in [0.3, 0.4) is 0 Å². The molecule has 5 heteroatoms. The maximum Gasteiger partial charge on any atom is 0.227 e. The molecule has 1 rings (SSSR count). The van der Waals surface area contributed by atoms with E-state index in [1.165, 1.54) is 0 Å². The minimum Gasteiger partial charge on any atom is -0.399 e. The van der Waals surface area contributed by atoms with E-state index in [4.69, 9.17) is 10.5 Å². The number of hydrogen-bond acceptors (Lipinski definition) is 4. The van der Waals surface area contributed by atoms with Crippen molar-refractivity contribution in [1.82, 2.24) is 10.2 Å². The van der Waals surface area contributed by atoms with E-state index < -0.39 is 0 Å². The van der Waals surface area contributed by atoms with Crippen molar-refractivity contribution in [3.8, 4) is 0 Å². The monoisotopic (exact) mass is 279 g/mol. The van der Waals surface area contributed by atoms with Crippen molar-refractivity contribution in [3.05, 3.63) is 29.8 Å². The Morgan fingerprint density at radius 2 is 2.20 bits per heavy atom. The van der Waals surface area contributed by atoms with Crippen LogP contribution in [0.25, 0.3) is 0 Å². The van der Waals surface area contributed by atoms with Gasteiger partial charge in [-0.2, -0.15) is 0 Å². The van der Waals surface area contributed by atoms with Crippen molar-refractivity contribution in [1.29, 1.82) is 0 Å². The number of nitrogens with two attached hydrogens (primary N) is 1. The van der Waals surface area contributed by atoms with Gasteiger partial charge in [-0.05, 0) is 31.7 Å². The summed E-state index contributed by atoms with van der Waals surface area (Å²) in [7, 11) is 3.69. The fourth-order valence-corrected chi connectivity index (χ4v) is 1.86. The largest absolute Gasteiger partial charge is 0.399 e. The van der Waals surface area contributed by atoms with Gasteiger partial charge in [0.1, 0.15) is 0 Å². The van der Waals surface area contributed by atoms with Crippen LogP contribution in [0.2, 0.25) is 0 Å². The number of hydrogen-bond donors (Lipinski definition) is 2. The summed E-state index contributed by atoms with van der Waals surface area (Å²) < 4.78 is 5.01. The number of carbonyl (C=O) groups excluding carboxylic acids is 1. The lowest BCUT2D eigenvalue weighted by molar-refractivity contribution is -0.122. The van der Waals surface area contributed by atoms with Crippen molar-refractivity contribution < 1.29 is 9.53 Å². The molecule has 0 aromatic heterocycles. The Labute approximate surface area is 121 Å². The Balaban J connectivity index is 2.35. The summed E-state index contributed by atoms with van der Waals surface area (Å²) in [6.45, 7) is 4.88. The number of likely N-dealkylation sites (N-methyl/N-ethyl adjacent to an activating group) is 1. The van der Waals surface area contributed by atoms with E-state index >= 15 is 0 Å². The number of carbonyl (C=O) groups is 1. The van der Waals surface area contributed by atoms with Crippen LogP contribution in [-0.4, -0.2) is 51.2 Å². The third-order valence-electron chi connectivity index (χ3n) is 3.27. The summed E-state index contributed by atoms with van der Waals surface area (Å²) in [5.74, 6) is -0.168. The standard InChI is InChI=1S/C15H25N3O2/c1-12(13-5-4-6-14(16)11-13)15(19)17-7-8-18(2)9-10-20-3/h4-6,11-12H,7-10,16H2,1-3H3,(H,17,19). The zero-order chi connectivity index (χ0) is 15.0. The molecule has 1 aromatic rings. The molecule has 0 fully saturated rings. The molecule has 0 radical (unpaired) electrons. The van der Waals surface area contributed by atoms with Crippen molar-refractivity contribution >= 4 is 11.6 Å². The van der Waals surface area contributed by atoms with E-state index in [1.54, 1.807) is 7.11 Å². The summed E-state index contributed by atoms with van der Waals surface area (Å²) in [5.41, 5.74) is 7.35. The van der Waals surface area contributed by atoms with Crippen molar-refractivity contribution in [2.75, 3.05) is 46.1 Å². The van der Waals surface area contributed by atoms with Crippen LogP contribution in [0.5, 0.6) is 0 Å². The predicted molar refractivity (Wildman–Crippen MR) is 81.7 cm³/mol. The normalized spacial score (nSPS) is 12.4. The van der Waals surface area contributed by atoms with E-state index in [0.29, 0.717) is 18.8 Å². The molecule has 0 aliphatic heterocycles. The van der Waals surface area contributed by atoms with Gasteiger partial charge >= 0.3 is 0 Å². The molecule has 1 atom stereocenters. The van der Waals surface area contributed by atoms with Gasteiger partial charge in [0, 0.05) is 32.4 Å². The average molecular weight is 279 g/mol. The molecule has 0 saturated heterocycles.